The smallest absolute Gasteiger partial charge is 0.200 e. The fourth-order valence-electron chi connectivity index (χ4n) is 1.32. The highest BCUT2D eigenvalue weighted by Crippen LogP contribution is 2.63. The molecular weight excluding hydrogens is 443 g/mol. The molecule has 0 saturated heterocycles. The topological polar surface area (TPSA) is 0 Å². The Bertz CT molecular complexity index is 587. The monoisotopic (exact) mass is 446 g/mol. The molecule has 0 aromatic heterocycles. The van der Waals surface area contributed by atoms with E-state index in [9.17, 15) is 74.6 Å². The van der Waals surface area contributed by atoms with Gasteiger partial charge in [0, 0.05) is 6.92 Å². The van der Waals surface area contributed by atoms with Crippen LogP contribution in [-0.2, 0) is 0 Å². The van der Waals surface area contributed by atoms with Gasteiger partial charge in [0.2, 0.25) is 5.83 Å². The standard InChI is InChI=1S/C10H3F17/c1-4(14,15)6(18,19)8(22,23)10(26,27)9(24,25)7(20,21)5(16,17)2(11)3(12)13/h1H3. The van der Waals surface area contributed by atoms with Gasteiger partial charge in [0.1, 0.15) is 0 Å². The van der Waals surface area contributed by atoms with Crippen LogP contribution in [0, 0.1) is 0 Å². The lowest BCUT2D eigenvalue weighted by atomic mass is 9.89. The van der Waals surface area contributed by atoms with Crippen molar-refractivity contribution >= 4 is 0 Å². The molecule has 27 heavy (non-hydrogen) atoms. The van der Waals surface area contributed by atoms with Crippen molar-refractivity contribution in [3.05, 3.63) is 11.9 Å². The van der Waals surface area contributed by atoms with Crippen molar-refractivity contribution in [1.29, 1.82) is 0 Å². The van der Waals surface area contributed by atoms with Gasteiger partial charge < -0.3 is 0 Å². The molecule has 162 valence electrons. The minimum Gasteiger partial charge on any atom is -0.200 e. The van der Waals surface area contributed by atoms with Crippen LogP contribution in [0.25, 0.3) is 0 Å². The second-order valence-corrected chi connectivity index (χ2v) is 4.91. The lowest BCUT2D eigenvalue weighted by molar-refractivity contribution is -0.438. The molecule has 0 spiro atoms. The molecular formula is C10H3F17. The van der Waals surface area contributed by atoms with Gasteiger partial charge in [0.05, 0.1) is 0 Å². The fourth-order valence-corrected chi connectivity index (χ4v) is 1.32. The quantitative estimate of drug-likeness (QED) is 0.390. The first-order valence-electron chi connectivity index (χ1n) is 5.71. The van der Waals surface area contributed by atoms with E-state index >= 15 is 0 Å². The van der Waals surface area contributed by atoms with E-state index < -0.39 is 60.3 Å². The number of hydrogen-bond acceptors (Lipinski definition) is 0. The predicted molar refractivity (Wildman–Crippen MR) is 50.7 cm³/mol. The number of hydrogen-bond donors (Lipinski definition) is 0. The zero-order chi connectivity index (χ0) is 22.7. The molecule has 0 unspecified atom stereocenters. The maximum absolute atomic E-state index is 13.0. The summed E-state index contributed by atoms with van der Waals surface area (Å²) in [7, 11) is 0. The van der Waals surface area contributed by atoms with Gasteiger partial charge in [0.25, 0.3) is 0 Å². The van der Waals surface area contributed by atoms with Gasteiger partial charge in [-0.3, -0.25) is 0 Å². The maximum atomic E-state index is 13.0. The molecule has 0 aliphatic rings. The number of rotatable bonds is 7. The third-order valence-electron chi connectivity index (χ3n) is 2.96. The normalized spacial score (nSPS) is 15.8. The third kappa shape index (κ3) is 3.19. The molecule has 0 aromatic rings. The van der Waals surface area contributed by atoms with Crippen LogP contribution >= 0.6 is 0 Å². The highest BCUT2D eigenvalue weighted by molar-refractivity contribution is 5.20. The first-order valence-corrected chi connectivity index (χ1v) is 5.71. The molecule has 0 amide bonds. The van der Waals surface area contributed by atoms with Crippen LogP contribution in [0.3, 0.4) is 0 Å². The van der Waals surface area contributed by atoms with Crippen molar-refractivity contribution in [3.63, 3.8) is 0 Å². The summed E-state index contributed by atoms with van der Waals surface area (Å²) >= 11 is 0. The molecule has 0 rings (SSSR count). The molecule has 0 fully saturated rings. The van der Waals surface area contributed by atoms with Crippen LogP contribution in [0.1, 0.15) is 6.92 Å². The van der Waals surface area contributed by atoms with Gasteiger partial charge in [-0.1, -0.05) is 0 Å². The summed E-state index contributed by atoms with van der Waals surface area (Å²) in [5, 5.41) is 0. The van der Waals surface area contributed by atoms with Crippen LogP contribution in [0.2, 0.25) is 0 Å². The Kier molecular flexibility index (Phi) is 5.95. The van der Waals surface area contributed by atoms with E-state index in [1.807, 2.05) is 0 Å². The van der Waals surface area contributed by atoms with Gasteiger partial charge in [-0.25, -0.2) is 0 Å². The van der Waals surface area contributed by atoms with Crippen molar-refractivity contribution < 1.29 is 74.6 Å². The molecule has 0 N–H and O–H groups in total. The summed E-state index contributed by atoms with van der Waals surface area (Å²) in [6, 6.07) is 0. The van der Waals surface area contributed by atoms with E-state index in [4.69, 9.17) is 0 Å². The molecule has 0 heterocycles. The van der Waals surface area contributed by atoms with Gasteiger partial charge in [-0.05, 0) is 0 Å². The van der Waals surface area contributed by atoms with Crippen molar-refractivity contribution in [1.82, 2.24) is 0 Å². The van der Waals surface area contributed by atoms with Gasteiger partial charge in [-0.15, -0.1) is 0 Å². The Morgan fingerprint density at radius 2 is 0.704 bits per heavy atom. The second kappa shape index (κ2) is 6.28. The summed E-state index contributed by atoms with van der Waals surface area (Å²) in [4.78, 5) is 0. The number of allylic oxidation sites excluding steroid dienone is 1. The fraction of sp³-hybridized carbons (Fsp3) is 0.800. The lowest BCUT2D eigenvalue weighted by Gasteiger charge is -2.41. The second-order valence-electron chi connectivity index (χ2n) is 4.91. The Hall–Kier alpha value is -1.45. The molecule has 0 radical (unpaired) electrons. The molecule has 0 bridgehead atoms. The van der Waals surface area contributed by atoms with Crippen LogP contribution in [0.15, 0.2) is 11.9 Å². The highest BCUT2D eigenvalue weighted by atomic mass is 19.4. The Balaban J connectivity index is 6.70. The Morgan fingerprint density at radius 1 is 0.444 bits per heavy atom. The van der Waals surface area contributed by atoms with Crippen LogP contribution < -0.4 is 0 Å². The van der Waals surface area contributed by atoms with Crippen molar-refractivity contribution in [3.8, 4) is 0 Å². The maximum Gasteiger partial charge on any atom is 0.385 e. The molecule has 0 atom stereocenters. The summed E-state index contributed by atoms with van der Waals surface area (Å²) in [6.07, 6.45) is -4.48. The van der Waals surface area contributed by atoms with E-state index in [1.54, 1.807) is 0 Å². The molecule has 0 nitrogen and oxygen atoms in total. The van der Waals surface area contributed by atoms with E-state index in [0.29, 0.717) is 0 Å². The van der Waals surface area contributed by atoms with Crippen LogP contribution in [0.4, 0.5) is 74.6 Å². The Morgan fingerprint density at radius 3 is 0.963 bits per heavy atom. The zero-order valence-corrected chi connectivity index (χ0v) is 11.9. The van der Waals surface area contributed by atoms with Gasteiger partial charge in [-0.2, -0.15) is 74.6 Å². The minimum atomic E-state index is -8.44. The first kappa shape index (κ1) is 25.6. The largest absolute Gasteiger partial charge is 0.385 e. The van der Waals surface area contributed by atoms with E-state index in [-0.39, 0.29) is 0 Å². The minimum absolute atomic E-state index is 1.23. The SMILES string of the molecule is CC(F)(F)C(F)(F)C(F)(F)C(F)(F)C(F)(F)C(F)(F)C(F)(F)C(F)=C(F)F. The lowest BCUT2D eigenvalue weighted by Crippen LogP contribution is -2.72. The number of alkyl halides is 14. The average molecular weight is 446 g/mol. The van der Waals surface area contributed by atoms with Crippen molar-refractivity contribution in [2.45, 2.75) is 48.4 Å². The third-order valence-corrected chi connectivity index (χ3v) is 2.96. The van der Waals surface area contributed by atoms with Crippen LogP contribution in [0.5, 0.6) is 0 Å². The number of halogens is 17. The predicted octanol–water partition coefficient (Wildman–Crippen LogP) is 6.53. The van der Waals surface area contributed by atoms with Crippen LogP contribution in [-0.4, -0.2) is 41.5 Å². The van der Waals surface area contributed by atoms with Crippen molar-refractivity contribution in [2.24, 2.45) is 0 Å². The first-order chi connectivity index (χ1) is 11.4. The summed E-state index contributed by atoms with van der Waals surface area (Å²) in [5.41, 5.74) is 0. The van der Waals surface area contributed by atoms with E-state index in [2.05, 4.69) is 0 Å². The highest BCUT2D eigenvalue weighted by Gasteiger charge is 2.92. The molecule has 0 saturated carbocycles. The Labute approximate surface area is 136 Å². The van der Waals surface area contributed by atoms with Crippen molar-refractivity contribution in [2.75, 3.05) is 0 Å². The molecule has 0 aliphatic heterocycles. The average Bonchev–Trinajstić information content (AvgIpc) is 2.43. The molecule has 0 aliphatic carbocycles. The van der Waals surface area contributed by atoms with Gasteiger partial charge in [0.15, 0.2) is 0 Å². The molecule has 17 heteroatoms. The summed E-state index contributed by atoms with van der Waals surface area (Å²) < 4.78 is 215. The summed E-state index contributed by atoms with van der Waals surface area (Å²) in [6.45, 7) is -1.23. The molecule has 0 aromatic carbocycles. The van der Waals surface area contributed by atoms with Gasteiger partial charge >= 0.3 is 47.5 Å². The van der Waals surface area contributed by atoms with E-state index in [1.165, 1.54) is 0 Å². The summed E-state index contributed by atoms with van der Waals surface area (Å²) in [5.74, 6) is -59.4. The zero-order valence-electron chi connectivity index (χ0n) is 11.9. The van der Waals surface area contributed by atoms with E-state index in [0.717, 1.165) is 0 Å².